The first-order valence-electron chi connectivity index (χ1n) is 12.0. The zero-order chi connectivity index (χ0) is 24.9. The van der Waals surface area contributed by atoms with Gasteiger partial charge in [-0.05, 0) is 68.7 Å². The predicted molar refractivity (Wildman–Crippen MR) is 140 cm³/mol. The molecule has 2 heterocycles. The monoisotopic (exact) mass is 509 g/mol. The number of hydrogen-bond donors (Lipinski definition) is 1. The second-order valence-corrected chi connectivity index (χ2v) is 10.9. The molecular weight excluding hydrogens is 478 g/mol. The number of carbonyl (C=O) groups is 1. The summed E-state index contributed by atoms with van der Waals surface area (Å²) >= 11 is 2.90. The van der Waals surface area contributed by atoms with E-state index in [2.05, 4.69) is 34.6 Å². The molecule has 0 fully saturated rings. The first-order chi connectivity index (χ1) is 16.9. The Morgan fingerprint density at radius 1 is 1.34 bits per heavy atom. The number of thiophene rings is 1. The molecular formula is C26H31N5O2S2. The first kappa shape index (κ1) is 25.3. The van der Waals surface area contributed by atoms with Gasteiger partial charge in [0.15, 0.2) is 11.0 Å². The lowest BCUT2D eigenvalue weighted by atomic mass is 9.86. The average Bonchev–Trinajstić information content (AvgIpc) is 3.42. The Morgan fingerprint density at radius 2 is 2.17 bits per heavy atom. The van der Waals surface area contributed by atoms with Gasteiger partial charge in [0, 0.05) is 11.4 Å². The number of rotatable bonds is 9. The molecule has 7 nitrogen and oxygen atoms in total. The van der Waals surface area contributed by atoms with Crippen molar-refractivity contribution >= 4 is 34.0 Å². The Hall–Kier alpha value is -2.83. The largest absolute Gasteiger partial charge is 0.485 e. The van der Waals surface area contributed by atoms with Crippen LogP contribution < -0.4 is 10.1 Å². The molecule has 1 amide bonds. The summed E-state index contributed by atoms with van der Waals surface area (Å²) in [6.45, 7) is 9.27. The summed E-state index contributed by atoms with van der Waals surface area (Å²) in [6.07, 6.45) is 4.18. The molecule has 0 aliphatic heterocycles. The summed E-state index contributed by atoms with van der Waals surface area (Å²) in [5, 5.41) is 22.6. The van der Waals surface area contributed by atoms with Crippen LogP contribution in [0.2, 0.25) is 0 Å². The van der Waals surface area contributed by atoms with E-state index in [-0.39, 0.29) is 11.7 Å². The third-order valence-corrected chi connectivity index (χ3v) is 8.59. The van der Waals surface area contributed by atoms with Crippen LogP contribution in [0.3, 0.4) is 0 Å². The highest BCUT2D eigenvalue weighted by Crippen LogP contribution is 2.40. The van der Waals surface area contributed by atoms with E-state index >= 15 is 0 Å². The molecule has 3 aromatic rings. The molecule has 0 saturated heterocycles. The molecule has 2 aromatic heterocycles. The van der Waals surface area contributed by atoms with Gasteiger partial charge in [0.05, 0.1) is 11.3 Å². The molecule has 35 heavy (non-hydrogen) atoms. The molecule has 1 N–H and O–H groups in total. The number of nitrogens with zero attached hydrogens (tertiary/aromatic N) is 4. The molecule has 1 aliphatic carbocycles. The van der Waals surface area contributed by atoms with Gasteiger partial charge in [-0.15, -0.1) is 21.5 Å². The summed E-state index contributed by atoms with van der Waals surface area (Å²) in [4.78, 5) is 14.0. The van der Waals surface area contributed by atoms with Crippen molar-refractivity contribution in [3.05, 3.63) is 51.2 Å². The van der Waals surface area contributed by atoms with E-state index in [0.29, 0.717) is 34.8 Å². The Bertz CT molecular complexity index is 1260. The highest BCUT2D eigenvalue weighted by Gasteiger charge is 2.26. The van der Waals surface area contributed by atoms with E-state index in [0.717, 1.165) is 53.9 Å². The zero-order valence-corrected chi connectivity index (χ0v) is 22.3. The van der Waals surface area contributed by atoms with Crippen molar-refractivity contribution in [1.29, 1.82) is 5.26 Å². The van der Waals surface area contributed by atoms with Crippen LogP contribution in [0, 0.1) is 31.1 Å². The van der Waals surface area contributed by atoms with Gasteiger partial charge < -0.3 is 14.6 Å². The lowest BCUT2D eigenvalue weighted by molar-refractivity contribution is -0.113. The second kappa shape index (κ2) is 11.3. The number of carbonyl (C=O) groups excluding carboxylic acids is 1. The molecule has 0 saturated carbocycles. The number of hydrogen-bond acceptors (Lipinski definition) is 7. The fraction of sp³-hybridized carbons (Fsp3) is 0.462. The van der Waals surface area contributed by atoms with Gasteiger partial charge >= 0.3 is 0 Å². The first-order valence-corrected chi connectivity index (χ1v) is 13.8. The zero-order valence-electron chi connectivity index (χ0n) is 20.7. The van der Waals surface area contributed by atoms with Crippen LogP contribution >= 0.6 is 23.1 Å². The average molecular weight is 510 g/mol. The number of amides is 1. The summed E-state index contributed by atoms with van der Waals surface area (Å²) in [5.74, 6) is 2.28. The number of anilines is 1. The van der Waals surface area contributed by atoms with Crippen molar-refractivity contribution in [3.8, 4) is 11.8 Å². The molecule has 9 heteroatoms. The predicted octanol–water partition coefficient (Wildman–Crippen LogP) is 5.67. The number of aromatic nitrogens is 3. The van der Waals surface area contributed by atoms with Gasteiger partial charge in [0.2, 0.25) is 5.91 Å². The fourth-order valence-corrected chi connectivity index (χ4v) is 6.51. The van der Waals surface area contributed by atoms with Gasteiger partial charge in [-0.1, -0.05) is 37.2 Å². The number of nitrogens with one attached hydrogen (secondary N) is 1. The van der Waals surface area contributed by atoms with Crippen LogP contribution in [0.15, 0.2) is 23.4 Å². The minimum atomic E-state index is -0.143. The molecule has 1 aromatic carbocycles. The van der Waals surface area contributed by atoms with Gasteiger partial charge in [-0.3, -0.25) is 4.79 Å². The molecule has 1 aliphatic rings. The SMILES string of the molecule is CCC1CCc2c(sc(NC(=O)CSc3nnc(COc4cc(C)ccc4C)n3CC)c2C#N)C1. The van der Waals surface area contributed by atoms with Crippen LogP contribution in [0.25, 0.3) is 0 Å². The van der Waals surface area contributed by atoms with Crippen molar-refractivity contribution in [2.75, 3.05) is 11.1 Å². The maximum atomic E-state index is 12.8. The van der Waals surface area contributed by atoms with Crippen LogP contribution in [0.5, 0.6) is 5.75 Å². The molecule has 184 valence electrons. The van der Waals surface area contributed by atoms with Crippen molar-refractivity contribution in [3.63, 3.8) is 0 Å². The smallest absolute Gasteiger partial charge is 0.235 e. The Morgan fingerprint density at radius 3 is 2.91 bits per heavy atom. The van der Waals surface area contributed by atoms with E-state index < -0.39 is 0 Å². The molecule has 0 spiro atoms. The van der Waals surface area contributed by atoms with Crippen LogP contribution in [-0.4, -0.2) is 26.4 Å². The van der Waals surface area contributed by atoms with Crippen molar-refractivity contribution in [1.82, 2.24) is 14.8 Å². The third-order valence-electron chi connectivity index (χ3n) is 6.45. The molecule has 0 radical (unpaired) electrons. The molecule has 4 rings (SSSR count). The van der Waals surface area contributed by atoms with Crippen LogP contribution in [0.1, 0.15) is 59.6 Å². The second-order valence-electron chi connectivity index (χ2n) is 8.87. The summed E-state index contributed by atoms with van der Waals surface area (Å²) < 4.78 is 7.97. The Kier molecular flexibility index (Phi) is 8.14. The number of benzene rings is 1. The minimum Gasteiger partial charge on any atom is -0.485 e. The van der Waals surface area contributed by atoms with Gasteiger partial charge in [0.25, 0.3) is 0 Å². The van der Waals surface area contributed by atoms with Crippen molar-refractivity contribution in [2.45, 2.75) is 71.7 Å². The van der Waals surface area contributed by atoms with Crippen LogP contribution in [0.4, 0.5) is 5.00 Å². The normalized spacial score (nSPS) is 14.9. The lowest BCUT2D eigenvalue weighted by Crippen LogP contribution is -2.15. The van der Waals surface area contributed by atoms with Gasteiger partial charge in [-0.2, -0.15) is 5.26 Å². The number of ether oxygens (including phenoxy) is 1. The Labute approximate surface area is 214 Å². The lowest BCUT2D eigenvalue weighted by Gasteiger charge is -2.20. The number of thioether (sulfide) groups is 1. The van der Waals surface area contributed by atoms with Crippen molar-refractivity contribution in [2.24, 2.45) is 5.92 Å². The maximum absolute atomic E-state index is 12.8. The van der Waals surface area contributed by atoms with E-state index in [4.69, 9.17) is 4.74 Å². The summed E-state index contributed by atoms with van der Waals surface area (Å²) in [5.41, 5.74) is 3.98. The van der Waals surface area contributed by atoms with E-state index in [1.54, 1.807) is 11.3 Å². The highest BCUT2D eigenvalue weighted by molar-refractivity contribution is 7.99. The standard InChI is InChI=1S/C26H31N5O2S2/c1-5-18-9-10-19-20(13-27)25(35-22(19)12-18)28-24(32)15-34-26-30-29-23(31(26)6-2)14-33-21-11-16(3)7-8-17(21)4/h7-8,11,18H,5-6,9-10,12,14-15H2,1-4H3,(H,28,32). The summed E-state index contributed by atoms with van der Waals surface area (Å²) in [6, 6.07) is 8.44. The third kappa shape index (κ3) is 5.71. The number of aryl methyl sites for hydroxylation is 2. The van der Waals surface area contributed by atoms with Crippen LogP contribution in [-0.2, 0) is 30.8 Å². The quantitative estimate of drug-likeness (QED) is 0.374. The van der Waals surface area contributed by atoms with E-state index in [1.807, 2.05) is 37.5 Å². The maximum Gasteiger partial charge on any atom is 0.235 e. The minimum absolute atomic E-state index is 0.143. The summed E-state index contributed by atoms with van der Waals surface area (Å²) in [7, 11) is 0. The van der Waals surface area contributed by atoms with Crippen molar-refractivity contribution < 1.29 is 9.53 Å². The molecule has 1 unspecified atom stereocenters. The van der Waals surface area contributed by atoms with E-state index in [9.17, 15) is 10.1 Å². The number of nitriles is 1. The number of fused-ring (bicyclic) bond motifs is 1. The fourth-order valence-electron chi connectivity index (χ4n) is 4.36. The highest BCUT2D eigenvalue weighted by atomic mass is 32.2. The van der Waals surface area contributed by atoms with Gasteiger partial charge in [0.1, 0.15) is 23.4 Å². The van der Waals surface area contributed by atoms with Gasteiger partial charge in [-0.25, -0.2) is 0 Å². The molecule has 1 atom stereocenters. The Balaban J connectivity index is 1.38. The topological polar surface area (TPSA) is 92.8 Å². The molecule has 0 bridgehead atoms. The van der Waals surface area contributed by atoms with E-state index in [1.165, 1.54) is 16.6 Å².